The Hall–Kier alpha value is -2.85. The fourth-order valence-electron chi connectivity index (χ4n) is 3.04. The number of ether oxygens (including phenoxy) is 1. The van der Waals surface area contributed by atoms with Gasteiger partial charge in [-0.15, -0.1) is 0 Å². The van der Waals surface area contributed by atoms with Crippen LogP contribution in [0.1, 0.15) is 36.6 Å². The summed E-state index contributed by atoms with van der Waals surface area (Å²) in [5, 5.41) is 7.31. The lowest BCUT2D eigenvalue weighted by atomic mass is 9.97. The molecular formula is C24H26N2OS. The van der Waals surface area contributed by atoms with Crippen molar-refractivity contribution in [3.8, 4) is 5.75 Å². The fraction of sp³-hybridized carbons (Fsp3) is 0.208. The van der Waals surface area contributed by atoms with Crippen molar-refractivity contribution in [1.82, 2.24) is 5.32 Å². The van der Waals surface area contributed by atoms with Crippen LogP contribution in [0.25, 0.3) is 0 Å². The van der Waals surface area contributed by atoms with Crippen LogP contribution in [0.15, 0.2) is 78.9 Å². The van der Waals surface area contributed by atoms with Crippen molar-refractivity contribution < 1.29 is 4.74 Å². The molecule has 1 atom stereocenters. The molecule has 3 aromatic rings. The van der Waals surface area contributed by atoms with Gasteiger partial charge in [0.15, 0.2) is 5.11 Å². The molecule has 3 aromatic carbocycles. The molecule has 144 valence electrons. The molecule has 28 heavy (non-hydrogen) atoms. The van der Waals surface area contributed by atoms with Gasteiger partial charge in [-0.2, -0.15) is 0 Å². The third-order valence-electron chi connectivity index (χ3n) is 4.27. The highest BCUT2D eigenvalue weighted by Gasteiger charge is 2.15. The van der Waals surface area contributed by atoms with E-state index in [1.54, 1.807) is 0 Å². The predicted octanol–water partition coefficient (Wildman–Crippen LogP) is 5.86. The number of hydrogen-bond donors (Lipinski definition) is 2. The molecule has 3 rings (SSSR count). The Kier molecular flexibility index (Phi) is 6.66. The molecule has 3 nitrogen and oxygen atoms in total. The minimum Gasteiger partial charge on any atom is -0.491 e. The summed E-state index contributed by atoms with van der Waals surface area (Å²) in [6.45, 7) is 6.13. The number of benzene rings is 3. The average molecular weight is 391 g/mol. The third-order valence-corrected chi connectivity index (χ3v) is 4.49. The first-order valence-corrected chi connectivity index (χ1v) is 9.88. The highest BCUT2D eigenvalue weighted by Crippen LogP contribution is 2.23. The number of rotatable bonds is 6. The van der Waals surface area contributed by atoms with E-state index in [0.717, 1.165) is 17.0 Å². The van der Waals surface area contributed by atoms with Gasteiger partial charge in [-0.05, 0) is 68.4 Å². The van der Waals surface area contributed by atoms with Gasteiger partial charge in [0, 0.05) is 5.69 Å². The maximum absolute atomic E-state index is 5.69. The molecule has 4 heteroatoms. The summed E-state index contributed by atoms with van der Waals surface area (Å²) in [6.07, 6.45) is 0.155. The summed E-state index contributed by atoms with van der Waals surface area (Å²) < 4.78 is 5.69. The number of aryl methyl sites for hydroxylation is 1. The van der Waals surface area contributed by atoms with Gasteiger partial charge in [0.2, 0.25) is 0 Å². The first kappa shape index (κ1) is 19.9. The quantitative estimate of drug-likeness (QED) is 0.517. The fourth-order valence-corrected chi connectivity index (χ4v) is 3.28. The standard InChI is InChI=1S/C24H26N2OS/c1-17(2)27-22-14-12-21(13-15-22)25-24(28)26-23(19-9-5-4-6-10-19)20-11-7-8-18(3)16-20/h4-17,23H,1-3H3,(H2,25,26,28). The smallest absolute Gasteiger partial charge is 0.171 e. The van der Waals surface area contributed by atoms with Gasteiger partial charge in [-0.3, -0.25) is 0 Å². The molecule has 1 unspecified atom stereocenters. The molecule has 0 aliphatic rings. The average Bonchev–Trinajstić information content (AvgIpc) is 2.68. The first-order valence-electron chi connectivity index (χ1n) is 9.47. The Bertz CT molecular complexity index is 907. The number of thiocarbonyl (C=S) groups is 1. The van der Waals surface area contributed by atoms with E-state index < -0.39 is 0 Å². The van der Waals surface area contributed by atoms with E-state index in [9.17, 15) is 0 Å². The van der Waals surface area contributed by atoms with Crippen molar-refractivity contribution in [3.05, 3.63) is 95.6 Å². The van der Waals surface area contributed by atoms with Crippen molar-refractivity contribution in [2.24, 2.45) is 0 Å². The SMILES string of the molecule is Cc1cccc(C(NC(=S)Nc2ccc(OC(C)C)cc2)c2ccccc2)c1. The molecule has 0 aliphatic heterocycles. The molecule has 0 fully saturated rings. The van der Waals surface area contributed by atoms with Crippen LogP contribution >= 0.6 is 12.2 Å². The predicted molar refractivity (Wildman–Crippen MR) is 121 cm³/mol. The van der Waals surface area contributed by atoms with Crippen LogP contribution in [0.4, 0.5) is 5.69 Å². The molecule has 2 N–H and O–H groups in total. The van der Waals surface area contributed by atoms with Crippen LogP contribution < -0.4 is 15.4 Å². The van der Waals surface area contributed by atoms with E-state index in [1.807, 2.05) is 56.3 Å². The lowest BCUT2D eigenvalue weighted by molar-refractivity contribution is 0.242. The molecule has 0 heterocycles. The van der Waals surface area contributed by atoms with Gasteiger partial charge in [-0.1, -0.05) is 60.2 Å². The number of anilines is 1. The van der Waals surface area contributed by atoms with Crippen LogP contribution in [0.2, 0.25) is 0 Å². The van der Waals surface area contributed by atoms with Gasteiger partial charge in [-0.25, -0.2) is 0 Å². The van der Waals surface area contributed by atoms with Gasteiger partial charge in [0.25, 0.3) is 0 Å². The molecule has 0 amide bonds. The van der Waals surface area contributed by atoms with Crippen LogP contribution in [-0.4, -0.2) is 11.2 Å². The molecule has 0 radical (unpaired) electrons. The van der Waals surface area contributed by atoms with Crippen molar-refractivity contribution in [2.75, 3.05) is 5.32 Å². The highest BCUT2D eigenvalue weighted by molar-refractivity contribution is 7.80. The Morgan fingerprint density at radius 3 is 2.18 bits per heavy atom. The second kappa shape index (κ2) is 9.38. The van der Waals surface area contributed by atoms with E-state index in [2.05, 4.69) is 54.0 Å². The zero-order chi connectivity index (χ0) is 19.9. The largest absolute Gasteiger partial charge is 0.491 e. The van der Waals surface area contributed by atoms with Crippen molar-refractivity contribution in [1.29, 1.82) is 0 Å². The second-order valence-electron chi connectivity index (χ2n) is 7.05. The second-order valence-corrected chi connectivity index (χ2v) is 7.46. The lowest BCUT2D eigenvalue weighted by Crippen LogP contribution is -2.33. The van der Waals surface area contributed by atoms with E-state index in [0.29, 0.717) is 5.11 Å². The van der Waals surface area contributed by atoms with Gasteiger partial charge in [0.05, 0.1) is 12.1 Å². The monoisotopic (exact) mass is 390 g/mol. The Labute approximate surface area is 172 Å². The molecule has 0 aromatic heterocycles. The van der Waals surface area contributed by atoms with E-state index >= 15 is 0 Å². The minimum atomic E-state index is -0.0235. The van der Waals surface area contributed by atoms with Crippen molar-refractivity contribution in [3.63, 3.8) is 0 Å². The topological polar surface area (TPSA) is 33.3 Å². The normalized spacial score (nSPS) is 11.7. The highest BCUT2D eigenvalue weighted by atomic mass is 32.1. The molecular weight excluding hydrogens is 364 g/mol. The van der Waals surface area contributed by atoms with Crippen molar-refractivity contribution >= 4 is 23.0 Å². The first-order chi connectivity index (χ1) is 13.5. The summed E-state index contributed by atoms with van der Waals surface area (Å²) in [4.78, 5) is 0. The lowest BCUT2D eigenvalue weighted by Gasteiger charge is -2.22. The summed E-state index contributed by atoms with van der Waals surface area (Å²) >= 11 is 5.59. The molecule has 0 aliphatic carbocycles. The summed E-state index contributed by atoms with van der Waals surface area (Å²) in [6, 6.07) is 26.6. The van der Waals surface area contributed by atoms with Crippen LogP contribution in [-0.2, 0) is 0 Å². The summed E-state index contributed by atoms with van der Waals surface area (Å²) in [5.41, 5.74) is 4.48. The summed E-state index contributed by atoms with van der Waals surface area (Å²) in [5.74, 6) is 0.848. The molecule has 0 spiro atoms. The number of nitrogens with one attached hydrogen (secondary N) is 2. The van der Waals surface area contributed by atoms with Gasteiger partial charge >= 0.3 is 0 Å². The number of hydrogen-bond acceptors (Lipinski definition) is 2. The van der Waals surface area contributed by atoms with Gasteiger partial charge in [0.1, 0.15) is 5.75 Å². The zero-order valence-corrected chi connectivity index (χ0v) is 17.3. The van der Waals surface area contributed by atoms with E-state index in [4.69, 9.17) is 17.0 Å². The minimum absolute atomic E-state index is 0.0235. The van der Waals surface area contributed by atoms with Crippen LogP contribution in [0.3, 0.4) is 0 Å². The molecule has 0 bridgehead atoms. The van der Waals surface area contributed by atoms with Crippen LogP contribution in [0.5, 0.6) is 5.75 Å². The Morgan fingerprint density at radius 2 is 1.54 bits per heavy atom. The maximum atomic E-state index is 5.69. The van der Waals surface area contributed by atoms with E-state index in [-0.39, 0.29) is 12.1 Å². The van der Waals surface area contributed by atoms with Crippen molar-refractivity contribution in [2.45, 2.75) is 32.9 Å². The molecule has 0 saturated carbocycles. The Morgan fingerprint density at radius 1 is 0.857 bits per heavy atom. The third kappa shape index (κ3) is 5.57. The molecule has 0 saturated heterocycles. The Balaban J connectivity index is 1.74. The van der Waals surface area contributed by atoms with Gasteiger partial charge < -0.3 is 15.4 Å². The summed E-state index contributed by atoms with van der Waals surface area (Å²) in [7, 11) is 0. The van der Waals surface area contributed by atoms with Crippen LogP contribution in [0, 0.1) is 6.92 Å². The zero-order valence-electron chi connectivity index (χ0n) is 16.5. The van der Waals surface area contributed by atoms with E-state index in [1.165, 1.54) is 11.1 Å². The maximum Gasteiger partial charge on any atom is 0.171 e.